The van der Waals surface area contributed by atoms with E-state index in [0.29, 0.717) is 11.1 Å². The van der Waals surface area contributed by atoms with E-state index in [2.05, 4.69) is 18.3 Å². The number of benzene rings is 2. The summed E-state index contributed by atoms with van der Waals surface area (Å²) < 4.78 is 2.04. The molecule has 5 rings (SSSR count). The Hall–Kier alpha value is -3.39. The summed E-state index contributed by atoms with van der Waals surface area (Å²) in [6.07, 6.45) is 4.31. The van der Waals surface area contributed by atoms with Gasteiger partial charge in [-0.1, -0.05) is 24.3 Å². The number of pyridine rings is 1. The van der Waals surface area contributed by atoms with Crippen molar-refractivity contribution in [3.8, 4) is 6.07 Å². The molecule has 2 heterocycles. The summed E-state index contributed by atoms with van der Waals surface area (Å²) in [7, 11) is 0. The molecule has 1 saturated carbocycles. The second-order valence-corrected chi connectivity index (χ2v) is 7.87. The van der Waals surface area contributed by atoms with Gasteiger partial charge in [-0.25, -0.2) is 0 Å². The lowest BCUT2D eigenvalue weighted by molar-refractivity contribution is 0.102. The highest BCUT2D eigenvalue weighted by atomic mass is 16.2. The maximum absolute atomic E-state index is 12.9. The molecule has 0 saturated heterocycles. The van der Waals surface area contributed by atoms with Crippen LogP contribution in [-0.2, 0) is 11.8 Å². The zero-order valence-corrected chi connectivity index (χ0v) is 15.5. The van der Waals surface area contributed by atoms with E-state index in [1.54, 1.807) is 24.4 Å². The Morgan fingerprint density at radius 2 is 1.96 bits per heavy atom. The molecule has 138 valence electrons. The lowest BCUT2D eigenvalue weighted by Gasteiger charge is -2.13. The van der Waals surface area contributed by atoms with Gasteiger partial charge in [0.1, 0.15) is 5.56 Å². The number of anilines is 1. The van der Waals surface area contributed by atoms with Crippen LogP contribution < -0.4 is 10.7 Å². The zero-order chi connectivity index (χ0) is 19.5. The normalized spacial score (nSPS) is 18.6. The predicted molar refractivity (Wildman–Crippen MR) is 108 cm³/mol. The molecule has 5 nitrogen and oxygen atoms in total. The van der Waals surface area contributed by atoms with Crippen LogP contribution in [0.2, 0.25) is 0 Å². The van der Waals surface area contributed by atoms with Gasteiger partial charge < -0.3 is 9.88 Å². The Morgan fingerprint density at radius 1 is 1.21 bits per heavy atom. The minimum atomic E-state index is -0.408. The molecule has 2 aromatic carbocycles. The fourth-order valence-corrected chi connectivity index (χ4v) is 4.24. The third-order valence-corrected chi connectivity index (χ3v) is 6.03. The van der Waals surface area contributed by atoms with Crippen LogP contribution in [0.4, 0.5) is 5.69 Å². The van der Waals surface area contributed by atoms with E-state index < -0.39 is 5.91 Å². The lowest BCUT2D eigenvalue weighted by atomic mass is 9.97. The van der Waals surface area contributed by atoms with Gasteiger partial charge in [0.2, 0.25) is 5.43 Å². The number of carbonyl (C=O) groups excluding carboxylic acids is 1. The summed E-state index contributed by atoms with van der Waals surface area (Å²) >= 11 is 0. The van der Waals surface area contributed by atoms with Crippen LogP contribution in [0.15, 0.2) is 53.5 Å². The molecule has 3 aromatic rings. The van der Waals surface area contributed by atoms with Gasteiger partial charge in [-0.3, -0.25) is 9.59 Å². The number of hydrogen-bond acceptors (Lipinski definition) is 3. The first-order chi connectivity index (χ1) is 13.5. The van der Waals surface area contributed by atoms with Crippen molar-refractivity contribution in [2.24, 2.45) is 0 Å². The van der Waals surface area contributed by atoms with Crippen molar-refractivity contribution in [1.29, 1.82) is 5.26 Å². The quantitative estimate of drug-likeness (QED) is 0.760. The van der Waals surface area contributed by atoms with Crippen molar-refractivity contribution in [2.45, 2.75) is 37.6 Å². The predicted octanol–water partition coefficient (Wildman–Crippen LogP) is 3.93. The molecule has 1 aliphatic heterocycles. The minimum absolute atomic E-state index is 0.151. The van der Waals surface area contributed by atoms with Gasteiger partial charge in [0, 0.05) is 23.3 Å². The number of rotatable bonds is 3. The van der Waals surface area contributed by atoms with Crippen molar-refractivity contribution >= 4 is 22.5 Å². The van der Waals surface area contributed by atoms with Crippen molar-refractivity contribution in [3.05, 3.63) is 75.6 Å². The first-order valence-corrected chi connectivity index (χ1v) is 9.52. The minimum Gasteiger partial charge on any atom is -0.343 e. The number of para-hydroxylation sites is 1. The van der Waals surface area contributed by atoms with Gasteiger partial charge in [-0.2, -0.15) is 5.26 Å². The molecule has 1 N–H and O–H groups in total. The molecule has 2 aliphatic rings. The highest BCUT2D eigenvalue weighted by molar-refractivity contribution is 6.06. The van der Waals surface area contributed by atoms with Crippen LogP contribution >= 0.6 is 0 Å². The van der Waals surface area contributed by atoms with Crippen molar-refractivity contribution in [3.63, 3.8) is 0 Å². The molecule has 0 unspecified atom stereocenters. The van der Waals surface area contributed by atoms with E-state index in [4.69, 9.17) is 0 Å². The van der Waals surface area contributed by atoms with Gasteiger partial charge in [0.25, 0.3) is 5.91 Å². The van der Waals surface area contributed by atoms with Gasteiger partial charge >= 0.3 is 0 Å². The number of nitrogens with zero attached hydrogens (tertiary/aromatic N) is 2. The van der Waals surface area contributed by atoms with Crippen LogP contribution in [0.3, 0.4) is 0 Å². The Labute approximate surface area is 162 Å². The summed E-state index contributed by atoms with van der Waals surface area (Å²) in [5, 5.41) is 12.7. The Bertz CT molecular complexity index is 1230. The van der Waals surface area contributed by atoms with E-state index in [9.17, 15) is 14.9 Å². The maximum atomic E-state index is 12.9. The first kappa shape index (κ1) is 16.8. The highest BCUT2D eigenvalue weighted by Gasteiger charge is 2.44. The SMILES string of the molecule is C[C@@H]1Cc2cccc3c(=O)c(C(=O)Nc4ccc(C5(C#N)CC5)cc4)cn1c23. The molecule has 1 fully saturated rings. The molecule has 5 heteroatoms. The van der Waals surface area contributed by atoms with Crippen LogP contribution in [0.1, 0.15) is 47.3 Å². The molecular formula is C23H19N3O2. The summed E-state index contributed by atoms with van der Waals surface area (Å²) in [6.45, 7) is 2.09. The number of hydrogen-bond donors (Lipinski definition) is 1. The Kier molecular flexibility index (Phi) is 3.47. The van der Waals surface area contributed by atoms with E-state index in [-0.39, 0.29) is 22.4 Å². The van der Waals surface area contributed by atoms with Gasteiger partial charge in [0.15, 0.2) is 0 Å². The number of aromatic nitrogens is 1. The second-order valence-electron chi connectivity index (χ2n) is 7.87. The molecule has 1 atom stereocenters. The Balaban J connectivity index is 1.48. The molecule has 1 amide bonds. The number of nitriles is 1. The number of nitrogens with one attached hydrogen (secondary N) is 1. The van der Waals surface area contributed by atoms with E-state index in [1.165, 1.54) is 0 Å². The van der Waals surface area contributed by atoms with E-state index >= 15 is 0 Å². The topological polar surface area (TPSA) is 74.9 Å². The van der Waals surface area contributed by atoms with Gasteiger partial charge in [0.05, 0.1) is 17.0 Å². The third kappa shape index (κ3) is 2.38. The van der Waals surface area contributed by atoms with Crippen molar-refractivity contribution in [1.82, 2.24) is 4.57 Å². The molecule has 0 bridgehead atoms. The maximum Gasteiger partial charge on any atom is 0.261 e. The van der Waals surface area contributed by atoms with Crippen LogP contribution in [-0.4, -0.2) is 10.5 Å². The summed E-state index contributed by atoms with van der Waals surface area (Å²) in [5.41, 5.74) is 3.25. The van der Waals surface area contributed by atoms with Gasteiger partial charge in [-0.15, -0.1) is 0 Å². The average molecular weight is 369 g/mol. The van der Waals surface area contributed by atoms with E-state index in [1.807, 2.05) is 28.8 Å². The number of amides is 1. The van der Waals surface area contributed by atoms with E-state index in [0.717, 1.165) is 35.9 Å². The molecule has 1 aliphatic carbocycles. The second kappa shape index (κ2) is 5.80. The molecule has 0 spiro atoms. The third-order valence-electron chi connectivity index (χ3n) is 6.03. The standard InChI is InChI=1S/C23H19N3O2/c1-14-11-15-3-2-4-18-20(15)26(14)12-19(21(18)27)22(28)25-17-7-5-16(6-8-17)23(13-24)9-10-23/h2-8,12,14H,9-11H2,1H3,(H,25,28)/t14-/m1/s1. The molecule has 0 radical (unpaired) electrons. The monoisotopic (exact) mass is 369 g/mol. The van der Waals surface area contributed by atoms with Crippen LogP contribution in [0.5, 0.6) is 0 Å². The molecule has 1 aromatic heterocycles. The van der Waals surface area contributed by atoms with Crippen molar-refractivity contribution in [2.75, 3.05) is 5.32 Å². The number of carbonyl (C=O) groups is 1. The first-order valence-electron chi connectivity index (χ1n) is 9.52. The fourth-order valence-electron chi connectivity index (χ4n) is 4.24. The zero-order valence-electron chi connectivity index (χ0n) is 15.5. The Morgan fingerprint density at radius 3 is 2.64 bits per heavy atom. The smallest absolute Gasteiger partial charge is 0.261 e. The molecular weight excluding hydrogens is 350 g/mol. The highest BCUT2D eigenvalue weighted by Crippen LogP contribution is 2.47. The van der Waals surface area contributed by atoms with Gasteiger partial charge in [-0.05, 0) is 55.5 Å². The largest absolute Gasteiger partial charge is 0.343 e. The molecule has 28 heavy (non-hydrogen) atoms. The van der Waals surface area contributed by atoms with Crippen molar-refractivity contribution < 1.29 is 4.79 Å². The average Bonchev–Trinajstić information content (AvgIpc) is 3.44. The lowest BCUT2D eigenvalue weighted by Crippen LogP contribution is -2.23. The summed E-state index contributed by atoms with van der Waals surface area (Å²) in [6, 6.07) is 15.6. The van der Waals surface area contributed by atoms with Crippen LogP contribution in [0, 0.1) is 11.3 Å². The fraction of sp³-hybridized carbons (Fsp3) is 0.261. The summed E-state index contributed by atoms with van der Waals surface area (Å²) in [5.74, 6) is -0.408. The summed E-state index contributed by atoms with van der Waals surface area (Å²) in [4.78, 5) is 25.8. The van der Waals surface area contributed by atoms with Crippen LogP contribution in [0.25, 0.3) is 10.9 Å².